The lowest BCUT2D eigenvalue weighted by Crippen LogP contribution is -2.25. The number of rotatable bonds is 9. The van der Waals surface area contributed by atoms with Crippen LogP contribution in [0.1, 0.15) is 49.9 Å². The predicted octanol–water partition coefficient (Wildman–Crippen LogP) is 6.16. The average molecular weight is 484 g/mol. The van der Waals surface area contributed by atoms with Crippen LogP contribution in [-0.2, 0) is 11.3 Å². The molecule has 36 heavy (non-hydrogen) atoms. The van der Waals surface area contributed by atoms with Gasteiger partial charge >= 0.3 is 0 Å². The number of methoxy groups -OCH3 is 1. The van der Waals surface area contributed by atoms with Crippen molar-refractivity contribution >= 4 is 22.6 Å². The van der Waals surface area contributed by atoms with E-state index < -0.39 is 0 Å². The number of hydrogen-bond acceptors (Lipinski definition) is 4. The molecule has 0 bridgehead atoms. The third-order valence-corrected chi connectivity index (χ3v) is 7.18. The average Bonchev–Trinajstić information content (AvgIpc) is 3.48. The Morgan fingerprint density at radius 2 is 1.72 bits per heavy atom. The van der Waals surface area contributed by atoms with Crippen LogP contribution in [0.15, 0.2) is 72.8 Å². The number of para-hydroxylation sites is 5. The van der Waals surface area contributed by atoms with Gasteiger partial charge in [-0.3, -0.25) is 4.79 Å². The lowest BCUT2D eigenvalue weighted by atomic mass is 9.98. The summed E-state index contributed by atoms with van der Waals surface area (Å²) in [5.41, 5.74) is 4.05. The van der Waals surface area contributed by atoms with Crippen molar-refractivity contribution in [2.75, 3.05) is 25.2 Å². The van der Waals surface area contributed by atoms with E-state index in [1.807, 2.05) is 53.4 Å². The molecule has 5 rings (SSSR count). The molecule has 0 spiro atoms. The fraction of sp³-hybridized carbons (Fsp3) is 0.333. The summed E-state index contributed by atoms with van der Waals surface area (Å²) in [7, 11) is 1.63. The fourth-order valence-electron chi connectivity index (χ4n) is 5.09. The SMILES string of the molecule is CC[C@H](C)c1ccccc1OCCn1c([C@@H]2CC(=O)N(c3ccccc3OC)C2)nc2ccccc21. The predicted molar refractivity (Wildman–Crippen MR) is 143 cm³/mol. The zero-order chi connectivity index (χ0) is 25.1. The van der Waals surface area contributed by atoms with Crippen LogP contribution in [0.2, 0.25) is 0 Å². The smallest absolute Gasteiger partial charge is 0.227 e. The zero-order valence-corrected chi connectivity index (χ0v) is 21.2. The number of hydrogen-bond donors (Lipinski definition) is 0. The van der Waals surface area contributed by atoms with Gasteiger partial charge < -0.3 is 18.9 Å². The zero-order valence-electron chi connectivity index (χ0n) is 21.2. The number of aromatic nitrogens is 2. The van der Waals surface area contributed by atoms with Crippen molar-refractivity contribution in [1.29, 1.82) is 0 Å². The summed E-state index contributed by atoms with van der Waals surface area (Å²) < 4.78 is 14.0. The molecule has 0 aliphatic carbocycles. The van der Waals surface area contributed by atoms with Gasteiger partial charge in [-0.05, 0) is 48.2 Å². The molecule has 1 aromatic heterocycles. The topological polar surface area (TPSA) is 56.6 Å². The molecule has 4 aromatic rings. The van der Waals surface area contributed by atoms with E-state index in [2.05, 4.69) is 42.7 Å². The largest absolute Gasteiger partial charge is 0.495 e. The molecule has 3 aromatic carbocycles. The molecule has 0 unspecified atom stereocenters. The second kappa shape index (κ2) is 10.4. The van der Waals surface area contributed by atoms with Crippen molar-refractivity contribution in [2.45, 2.75) is 45.1 Å². The number of carbonyl (C=O) groups is 1. The number of imidazole rings is 1. The minimum atomic E-state index is -0.0118. The molecule has 0 radical (unpaired) electrons. The van der Waals surface area contributed by atoms with Crippen LogP contribution in [0.25, 0.3) is 11.0 Å². The first-order valence-electron chi connectivity index (χ1n) is 12.7. The Hall–Kier alpha value is -3.80. The van der Waals surface area contributed by atoms with Gasteiger partial charge in [0.05, 0.1) is 30.4 Å². The molecular weight excluding hydrogens is 450 g/mol. The van der Waals surface area contributed by atoms with Gasteiger partial charge in [0.2, 0.25) is 5.91 Å². The summed E-state index contributed by atoms with van der Waals surface area (Å²) in [5, 5.41) is 0. The van der Waals surface area contributed by atoms with Crippen LogP contribution in [0.3, 0.4) is 0 Å². The van der Waals surface area contributed by atoms with Gasteiger partial charge in [-0.1, -0.05) is 56.3 Å². The number of benzene rings is 3. The normalized spacial score (nSPS) is 16.5. The van der Waals surface area contributed by atoms with Crippen LogP contribution < -0.4 is 14.4 Å². The molecule has 0 N–H and O–H groups in total. The summed E-state index contributed by atoms with van der Waals surface area (Å²) in [6.45, 7) is 6.18. The Morgan fingerprint density at radius 3 is 2.53 bits per heavy atom. The maximum atomic E-state index is 13.1. The lowest BCUT2D eigenvalue weighted by Gasteiger charge is -2.20. The third-order valence-electron chi connectivity index (χ3n) is 7.18. The Labute approximate surface area is 212 Å². The number of anilines is 1. The van der Waals surface area contributed by atoms with Crippen molar-refractivity contribution < 1.29 is 14.3 Å². The van der Waals surface area contributed by atoms with Gasteiger partial charge in [0.25, 0.3) is 0 Å². The van der Waals surface area contributed by atoms with Crippen molar-refractivity contribution in [3.63, 3.8) is 0 Å². The van der Waals surface area contributed by atoms with E-state index in [9.17, 15) is 4.79 Å². The number of carbonyl (C=O) groups excluding carboxylic acids is 1. The minimum Gasteiger partial charge on any atom is -0.495 e. The summed E-state index contributed by atoms with van der Waals surface area (Å²) in [4.78, 5) is 19.9. The first-order chi connectivity index (χ1) is 17.6. The van der Waals surface area contributed by atoms with Gasteiger partial charge in [-0.15, -0.1) is 0 Å². The van der Waals surface area contributed by atoms with Gasteiger partial charge in [0, 0.05) is 18.9 Å². The van der Waals surface area contributed by atoms with E-state index in [1.54, 1.807) is 7.11 Å². The highest BCUT2D eigenvalue weighted by Crippen LogP contribution is 2.37. The molecule has 1 saturated heterocycles. The van der Waals surface area contributed by atoms with Crippen LogP contribution >= 0.6 is 0 Å². The molecule has 186 valence electrons. The number of ether oxygens (including phenoxy) is 2. The van der Waals surface area contributed by atoms with Crippen LogP contribution in [0.4, 0.5) is 5.69 Å². The number of nitrogens with zero attached hydrogens (tertiary/aromatic N) is 3. The van der Waals surface area contributed by atoms with Gasteiger partial charge in [-0.2, -0.15) is 0 Å². The van der Waals surface area contributed by atoms with E-state index in [0.717, 1.165) is 34.7 Å². The second-order valence-corrected chi connectivity index (χ2v) is 9.38. The van der Waals surface area contributed by atoms with Crippen molar-refractivity contribution in [3.8, 4) is 11.5 Å². The minimum absolute atomic E-state index is 0.0118. The third kappa shape index (κ3) is 4.55. The Balaban J connectivity index is 1.40. The Kier molecular flexibility index (Phi) is 6.94. The molecular formula is C30H33N3O3. The highest BCUT2D eigenvalue weighted by atomic mass is 16.5. The van der Waals surface area contributed by atoms with E-state index in [-0.39, 0.29) is 11.8 Å². The molecule has 0 saturated carbocycles. The molecule has 2 atom stereocenters. The van der Waals surface area contributed by atoms with E-state index in [4.69, 9.17) is 14.5 Å². The Bertz CT molecular complexity index is 1360. The highest BCUT2D eigenvalue weighted by Gasteiger charge is 2.36. The van der Waals surface area contributed by atoms with Crippen LogP contribution in [-0.4, -0.2) is 35.7 Å². The second-order valence-electron chi connectivity index (χ2n) is 9.38. The monoisotopic (exact) mass is 483 g/mol. The number of amides is 1. The van der Waals surface area contributed by atoms with Crippen molar-refractivity contribution in [1.82, 2.24) is 9.55 Å². The summed E-state index contributed by atoms with van der Waals surface area (Å²) >= 11 is 0. The molecule has 1 aliphatic rings. The first kappa shape index (κ1) is 23.9. The quantitative estimate of drug-likeness (QED) is 0.286. The summed E-state index contributed by atoms with van der Waals surface area (Å²) in [5.74, 6) is 3.09. The molecule has 1 amide bonds. The Morgan fingerprint density at radius 1 is 1.00 bits per heavy atom. The fourth-order valence-corrected chi connectivity index (χ4v) is 5.09. The maximum absolute atomic E-state index is 13.1. The summed E-state index contributed by atoms with van der Waals surface area (Å²) in [6, 6.07) is 24.1. The van der Waals surface area contributed by atoms with E-state index in [1.165, 1.54) is 5.56 Å². The van der Waals surface area contributed by atoms with Crippen molar-refractivity contribution in [3.05, 3.63) is 84.2 Å². The molecule has 1 aliphatic heterocycles. The van der Waals surface area contributed by atoms with Crippen LogP contribution in [0.5, 0.6) is 11.5 Å². The molecule has 2 heterocycles. The highest BCUT2D eigenvalue weighted by molar-refractivity contribution is 5.97. The molecule has 6 heteroatoms. The molecule has 6 nitrogen and oxygen atoms in total. The van der Waals surface area contributed by atoms with E-state index in [0.29, 0.717) is 37.8 Å². The van der Waals surface area contributed by atoms with E-state index >= 15 is 0 Å². The number of fused-ring (bicyclic) bond motifs is 1. The van der Waals surface area contributed by atoms with Crippen molar-refractivity contribution in [2.24, 2.45) is 0 Å². The van der Waals surface area contributed by atoms with Gasteiger partial charge in [0.15, 0.2) is 0 Å². The van der Waals surface area contributed by atoms with Gasteiger partial charge in [-0.25, -0.2) is 4.98 Å². The standard InChI is InChI=1S/C30H33N3O3/c1-4-21(2)23-11-5-9-15-27(23)36-18-17-32-25-13-7-6-12-24(25)31-30(32)22-19-29(34)33(20-22)26-14-8-10-16-28(26)35-3/h5-16,21-22H,4,17-20H2,1-3H3/t21-,22+/m0/s1. The lowest BCUT2D eigenvalue weighted by molar-refractivity contribution is -0.117. The first-order valence-corrected chi connectivity index (χ1v) is 12.7. The summed E-state index contributed by atoms with van der Waals surface area (Å²) in [6.07, 6.45) is 1.48. The molecule has 1 fully saturated rings. The maximum Gasteiger partial charge on any atom is 0.227 e. The van der Waals surface area contributed by atoms with Crippen LogP contribution in [0, 0.1) is 0 Å². The van der Waals surface area contributed by atoms with Gasteiger partial charge in [0.1, 0.15) is 23.9 Å².